The van der Waals surface area contributed by atoms with Gasteiger partial charge in [-0.1, -0.05) is 48.5 Å². The second kappa shape index (κ2) is 8.94. The molecule has 0 fully saturated rings. The Bertz CT molecular complexity index is 1390. The predicted molar refractivity (Wildman–Crippen MR) is 128 cm³/mol. The van der Waals surface area contributed by atoms with Crippen LogP contribution in [-0.2, 0) is 16.4 Å². The lowest BCUT2D eigenvalue weighted by Gasteiger charge is -2.09. The van der Waals surface area contributed by atoms with Gasteiger partial charge < -0.3 is 16.5 Å². The minimum Gasteiger partial charge on any atom is -0.369 e. The summed E-state index contributed by atoms with van der Waals surface area (Å²) in [4.78, 5) is 3.38. The van der Waals surface area contributed by atoms with Crippen molar-refractivity contribution < 1.29 is 8.42 Å². The topological polar surface area (TPSA) is 139 Å². The number of nitrogens with zero attached hydrogens (tertiary/aromatic N) is 2. The fourth-order valence-electron chi connectivity index (χ4n) is 3.33. The Kier molecular flexibility index (Phi) is 5.91. The largest absolute Gasteiger partial charge is 0.369 e. The number of benzene rings is 3. The fraction of sp³-hybridized carbons (Fsp3) is 0.0435. The van der Waals surface area contributed by atoms with Crippen LogP contribution in [0.25, 0.3) is 10.9 Å². The van der Waals surface area contributed by atoms with Crippen molar-refractivity contribution in [1.82, 2.24) is 4.98 Å². The molecule has 6 N–H and O–H groups in total. The number of hydrogen-bond donors (Lipinski definition) is 4. The number of H-pyrrole nitrogens is 1. The number of rotatable bonds is 7. The highest BCUT2D eigenvalue weighted by atomic mass is 32.2. The van der Waals surface area contributed by atoms with Crippen molar-refractivity contribution in [2.75, 3.05) is 4.72 Å². The Morgan fingerprint density at radius 1 is 0.906 bits per heavy atom. The summed E-state index contributed by atoms with van der Waals surface area (Å²) in [7, 11) is -3.71. The molecule has 32 heavy (non-hydrogen) atoms. The summed E-state index contributed by atoms with van der Waals surface area (Å²) in [5, 5.41) is 8.89. The van der Waals surface area contributed by atoms with E-state index < -0.39 is 10.0 Å². The molecule has 9 heteroatoms. The second-order valence-electron chi connectivity index (χ2n) is 7.12. The fourth-order valence-corrected chi connectivity index (χ4v) is 4.40. The molecular weight excluding hydrogens is 424 g/mol. The molecule has 4 aromatic rings. The maximum atomic E-state index is 12.7. The summed E-state index contributed by atoms with van der Waals surface area (Å²) >= 11 is 0. The number of nitrogens with one attached hydrogen (secondary N) is 2. The highest BCUT2D eigenvalue weighted by molar-refractivity contribution is 7.92. The van der Waals surface area contributed by atoms with E-state index in [9.17, 15) is 8.42 Å². The molecular formula is C23H22N6O2S. The quantitative estimate of drug-likeness (QED) is 0.197. The number of anilines is 1. The number of guanidine groups is 1. The van der Waals surface area contributed by atoms with E-state index in [0.29, 0.717) is 17.8 Å². The van der Waals surface area contributed by atoms with E-state index in [1.165, 1.54) is 0 Å². The first-order chi connectivity index (χ1) is 15.4. The lowest BCUT2D eigenvalue weighted by molar-refractivity contribution is 0.601. The first kappa shape index (κ1) is 21.1. The minimum atomic E-state index is -3.71. The lowest BCUT2D eigenvalue weighted by Crippen LogP contribution is -2.22. The lowest BCUT2D eigenvalue weighted by atomic mass is 10.0. The van der Waals surface area contributed by atoms with E-state index in [-0.39, 0.29) is 10.9 Å². The molecule has 0 bridgehead atoms. The van der Waals surface area contributed by atoms with Crippen LogP contribution in [0.5, 0.6) is 0 Å². The number of aromatic amines is 1. The molecule has 0 amide bonds. The SMILES string of the molecule is NC(N)=N/N=C(/Cc1ccccc1)c1c[nH]c2ccc(NS(=O)(=O)c3ccccc3)cc12. The van der Waals surface area contributed by atoms with Crippen LogP contribution in [-0.4, -0.2) is 25.1 Å². The zero-order valence-corrected chi connectivity index (χ0v) is 17.9. The summed E-state index contributed by atoms with van der Waals surface area (Å²) in [5.74, 6) is -0.147. The zero-order chi connectivity index (χ0) is 22.6. The Balaban J connectivity index is 1.73. The summed E-state index contributed by atoms with van der Waals surface area (Å²) < 4.78 is 28.1. The third kappa shape index (κ3) is 4.79. The van der Waals surface area contributed by atoms with Gasteiger partial charge in [-0.2, -0.15) is 5.10 Å². The van der Waals surface area contributed by atoms with Crippen molar-refractivity contribution in [3.05, 3.63) is 96.2 Å². The van der Waals surface area contributed by atoms with Gasteiger partial charge in [-0.15, -0.1) is 5.10 Å². The monoisotopic (exact) mass is 446 g/mol. The van der Waals surface area contributed by atoms with Gasteiger partial charge in [0.15, 0.2) is 0 Å². The molecule has 4 rings (SSSR count). The molecule has 0 saturated carbocycles. The van der Waals surface area contributed by atoms with Gasteiger partial charge in [0.25, 0.3) is 10.0 Å². The smallest absolute Gasteiger partial charge is 0.261 e. The van der Waals surface area contributed by atoms with Gasteiger partial charge in [-0.05, 0) is 35.9 Å². The first-order valence-corrected chi connectivity index (χ1v) is 11.3. The number of sulfonamides is 1. The highest BCUT2D eigenvalue weighted by Crippen LogP contribution is 2.26. The zero-order valence-electron chi connectivity index (χ0n) is 17.1. The summed E-state index contributed by atoms with van der Waals surface area (Å²) in [6.07, 6.45) is 2.30. The minimum absolute atomic E-state index is 0.147. The Hall–Kier alpha value is -4.11. The number of hydrogen-bond acceptors (Lipinski definition) is 4. The molecule has 0 radical (unpaired) electrons. The van der Waals surface area contributed by atoms with Crippen molar-refractivity contribution >= 4 is 38.3 Å². The van der Waals surface area contributed by atoms with Crippen molar-refractivity contribution in [1.29, 1.82) is 0 Å². The van der Waals surface area contributed by atoms with Crippen LogP contribution in [0, 0.1) is 0 Å². The summed E-state index contributed by atoms with van der Waals surface area (Å²) in [5.41, 5.74) is 14.7. The van der Waals surface area contributed by atoms with Crippen molar-refractivity contribution in [3.63, 3.8) is 0 Å². The first-order valence-electron chi connectivity index (χ1n) is 9.81. The van der Waals surface area contributed by atoms with Gasteiger partial charge >= 0.3 is 0 Å². The van der Waals surface area contributed by atoms with E-state index in [2.05, 4.69) is 19.9 Å². The van der Waals surface area contributed by atoms with Crippen molar-refractivity contribution in [2.24, 2.45) is 21.7 Å². The predicted octanol–water partition coefficient (Wildman–Crippen LogP) is 3.19. The van der Waals surface area contributed by atoms with Gasteiger partial charge in [0.2, 0.25) is 5.96 Å². The average molecular weight is 447 g/mol. The van der Waals surface area contributed by atoms with Gasteiger partial charge in [-0.25, -0.2) is 8.42 Å². The molecule has 0 aliphatic rings. The molecule has 1 aromatic heterocycles. The summed E-state index contributed by atoms with van der Waals surface area (Å²) in [6.45, 7) is 0. The molecule has 162 valence electrons. The van der Waals surface area contributed by atoms with Gasteiger partial charge in [0.05, 0.1) is 10.6 Å². The van der Waals surface area contributed by atoms with E-state index >= 15 is 0 Å². The number of aromatic nitrogens is 1. The molecule has 0 aliphatic heterocycles. The second-order valence-corrected chi connectivity index (χ2v) is 8.80. The highest BCUT2D eigenvalue weighted by Gasteiger charge is 2.16. The Labute approximate surface area is 185 Å². The Morgan fingerprint density at radius 2 is 1.59 bits per heavy atom. The maximum Gasteiger partial charge on any atom is 0.261 e. The van der Waals surface area contributed by atoms with E-state index in [1.807, 2.05) is 42.6 Å². The van der Waals surface area contributed by atoms with Gasteiger partial charge in [0, 0.05) is 34.8 Å². The molecule has 0 atom stereocenters. The third-order valence-corrected chi connectivity index (χ3v) is 6.20. The molecule has 0 unspecified atom stereocenters. The standard InChI is InChI=1S/C23H22N6O2S/c24-23(25)28-27-22(13-16-7-3-1-4-8-16)20-15-26-21-12-11-17(14-19(20)21)29-32(30,31)18-9-5-2-6-10-18/h1-12,14-15,26,29H,13H2,(H4,24,25,28)/b27-22-. The van der Waals surface area contributed by atoms with Crippen LogP contribution in [0.2, 0.25) is 0 Å². The Morgan fingerprint density at radius 3 is 2.28 bits per heavy atom. The molecule has 3 aromatic carbocycles. The van der Waals surface area contributed by atoms with Crippen LogP contribution in [0.4, 0.5) is 5.69 Å². The summed E-state index contributed by atoms with van der Waals surface area (Å²) in [6, 6.07) is 23.3. The van der Waals surface area contributed by atoms with Crippen molar-refractivity contribution in [3.8, 4) is 0 Å². The molecule has 0 spiro atoms. The van der Waals surface area contributed by atoms with E-state index in [0.717, 1.165) is 22.0 Å². The molecule has 0 saturated heterocycles. The van der Waals surface area contributed by atoms with Crippen LogP contribution < -0.4 is 16.2 Å². The number of fused-ring (bicyclic) bond motifs is 1. The van der Waals surface area contributed by atoms with Crippen LogP contribution >= 0.6 is 0 Å². The van der Waals surface area contributed by atoms with E-state index in [4.69, 9.17) is 11.5 Å². The van der Waals surface area contributed by atoms with E-state index in [1.54, 1.807) is 42.5 Å². The van der Waals surface area contributed by atoms with Crippen LogP contribution in [0.15, 0.2) is 100 Å². The molecule has 0 aliphatic carbocycles. The van der Waals surface area contributed by atoms with Gasteiger partial charge in [0.1, 0.15) is 0 Å². The van der Waals surface area contributed by atoms with Crippen LogP contribution in [0.1, 0.15) is 11.1 Å². The molecule has 1 heterocycles. The third-order valence-electron chi connectivity index (χ3n) is 4.80. The number of nitrogens with two attached hydrogens (primary N) is 2. The maximum absolute atomic E-state index is 12.7. The molecule has 8 nitrogen and oxygen atoms in total. The normalized spacial score (nSPS) is 11.9. The average Bonchev–Trinajstić information content (AvgIpc) is 3.21. The van der Waals surface area contributed by atoms with Crippen LogP contribution in [0.3, 0.4) is 0 Å². The van der Waals surface area contributed by atoms with Crippen molar-refractivity contribution in [2.45, 2.75) is 11.3 Å². The van der Waals surface area contributed by atoms with Gasteiger partial charge in [-0.3, -0.25) is 4.72 Å².